The number of hydrogen-bond donors (Lipinski definition) is 2. The van der Waals surface area contributed by atoms with Gasteiger partial charge in [-0.05, 0) is 19.8 Å². The van der Waals surface area contributed by atoms with Gasteiger partial charge >= 0.3 is 6.03 Å². The average molecular weight is 182 g/mol. The highest BCUT2D eigenvalue weighted by molar-refractivity contribution is 5.74. The third-order valence-electron chi connectivity index (χ3n) is 2.33. The zero-order valence-corrected chi connectivity index (χ0v) is 8.61. The molecule has 2 N–H and O–H groups in total. The number of nitrogens with one attached hydrogen (secondary N) is 2. The third-order valence-corrected chi connectivity index (χ3v) is 2.33. The van der Waals surface area contributed by atoms with Crippen LogP contribution in [-0.2, 0) is 0 Å². The average Bonchev–Trinajstić information content (AvgIpc) is 2.14. The van der Waals surface area contributed by atoms with E-state index in [-0.39, 0.29) is 18.1 Å². The second-order valence-electron chi connectivity index (χ2n) is 3.28. The lowest BCUT2D eigenvalue weighted by molar-refractivity contribution is 0.225. The van der Waals surface area contributed by atoms with Crippen LogP contribution in [0.15, 0.2) is 0 Å². The standard InChI is InChI=1S/C10H18N2O/c1-5-8-11-9(13)12-10(4,6-2)7-3/h1H,6-8H2,2-4H3,(H2,11,12,13). The molecular formula is C10H18N2O. The lowest BCUT2D eigenvalue weighted by Gasteiger charge is -2.27. The Morgan fingerprint density at radius 3 is 2.38 bits per heavy atom. The van der Waals surface area contributed by atoms with Gasteiger partial charge in [-0.1, -0.05) is 19.8 Å². The van der Waals surface area contributed by atoms with Crippen LogP contribution in [-0.4, -0.2) is 18.1 Å². The molecule has 0 unspecified atom stereocenters. The Bertz CT molecular complexity index is 201. The third kappa shape index (κ3) is 4.41. The molecule has 74 valence electrons. The van der Waals surface area contributed by atoms with Gasteiger partial charge in [0, 0.05) is 5.54 Å². The summed E-state index contributed by atoms with van der Waals surface area (Å²) in [4.78, 5) is 11.2. The molecule has 0 bridgehead atoms. The molecule has 0 saturated heterocycles. The minimum Gasteiger partial charge on any atom is -0.333 e. The van der Waals surface area contributed by atoms with Crippen molar-refractivity contribution in [1.82, 2.24) is 10.6 Å². The quantitative estimate of drug-likeness (QED) is 0.635. The van der Waals surface area contributed by atoms with Crippen LogP contribution in [0.1, 0.15) is 33.6 Å². The van der Waals surface area contributed by atoms with Crippen LogP contribution in [0.5, 0.6) is 0 Å². The molecule has 3 nitrogen and oxygen atoms in total. The van der Waals surface area contributed by atoms with Gasteiger partial charge in [0.1, 0.15) is 0 Å². The summed E-state index contributed by atoms with van der Waals surface area (Å²) in [6, 6.07) is -0.191. The summed E-state index contributed by atoms with van der Waals surface area (Å²) in [5.74, 6) is 2.35. The van der Waals surface area contributed by atoms with Crippen molar-refractivity contribution in [3.05, 3.63) is 0 Å². The SMILES string of the molecule is C#CCNC(=O)NC(C)(CC)CC. The molecule has 2 amide bonds. The second kappa shape index (κ2) is 5.47. The van der Waals surface area contributed by atoms with Gasteiger partial charge in [-0.15, -0.1) is 6.42 Å². The summed E-state index contributed by atoms with van der Waals surface area (Å²) in [5, 5.41) is 5.45. The first-order valence-corrected chi connectivity index (χ1v) is 4.57. The van der Waals surface area contributed by atoms with Gasteiger partial charge in [-0.25, -0.2) is 4.79 Å². The first kappa shape index (κ1) is 11.8. The number of terminal acetylenes is 1. The fourth-order valence-corrected chi connectivity index (χ4v) is 0.876. The Kier molecular flexibility index (Phi) is 4.98. The maximum Gasteiger partial charge on any atom is 0.315 e. The van der Waals surface area contributed by atoms with E-state index >= 15 is 0 Å². The summed E-state index contributed by atoms with van der Waals surface area (Å²) >= 11 is 0. The van der Waals surface area contributed by atoms with Crippen LogP contribution in [0.25, 0.3) is 0 Å². The van der Waals surface area contributed by atoms with Crippen molar-refractivity contribution in [2.24, 2.45) is 0 Å². The molecule has 0 aliphatic heterocycles. The van der Waals surface area contributed by atoms with Crippen molar-refractivity contribution < 1.29 is 4.79 Å². The molecule has 0 aliphatic carbocycles. The maximum atomic E-state index is 11.2. The smallest absolute Gasteiger partial charge is 0.315 e. The van der Waals surface area contributed by atoms with Gasteiger partial charge in [0.25, 0.3) is 0 Å². The molecule has 0 saturated carbocycles. The van der Waals surface area contributed by atoms with Gasteiger partial charge < -0.3 is 10.6 Å². The molecule has 0 heterocycles. The van der Waals surface area contributed by atoms with Crippen molar-refractivity contribution in [3.8, 4) is 12.3 Å². The van der Waals surface area contributed by atoms with Crippen molar-refractivity contribution >= 4 is 6.03 Å². The van der Waals surface area contributed by atoms with Gasteiger partial charge in [0.2, 0.25) is 0 Å². The second-order valence-corrected chi connectivity index (χ2v) is 3.28. The number of rotatable bonds is 4. The zero-order chi connectivity index (χ0) is 10.3. The summed E-state index contributed by atoms with van der Waals surface area (Å²) < 4.78 is 0. The van der Waals surface area contributed by atoms with Crippen LogP contribution >= 0.6 is 0 Å². The Balaban J connectivity index is 3.96. The van der Waals surface area contributed by atoms with Gasteiger partial charge in [0.05, 0.1) is 6.54 Å². The predicted octanol–water partition coefficient (Wildman–Crippen LogP) is 1.50. The van der Waals surface area contributed by atoms with Gasteiger partial charge in [-0.2, -0.15) is 0 Å². The molecule has 0 aromatic carbocycles. The molecule has 0 radical (unpaired) electrons. The molecule has 0 aliphatic rings. The van der Waals surface area contributed by atoms with Crippen LogP contribution < -0.4 is 10.6 Å². The van der Waals surface area contributed by atoms with E-state index in [1.165, 1.54) is 0 Å². The topological polar surface area (TPSA) is 41.1 Å². The number of urea groups is 1. The maximum absolute atomic E-state index is 11.2. The molecule has 0 rings (SSSR count). The van der Waals surface area contributed by atoms with Crippen molar-refractivity contribution in [2.75, 3.05) is 6.54 Å². The van der Waals surface area contributed by atoms with Crippen LogP contribution in [0.4, 0.5) is 4.79 Å². The largest absolute Gasteiger partial charge is 0.333 e. The highest BCUT2D eigenvalue weighted by atomic mass is 16.2. The highest BCUT2D eigenvalue weighted by Crippen LogP contribution is 2.12. The number of carbonyl (C=O) groups is 1. The first-order valence-electron chi connectivity index (χ1n) is 4.57. The lowest BCUT2D eigenvalue weighted by Crippen LogP contribution is -2.49. The monoisotopic (exact) mass is 182 g/mol. The minimum atomic E-state index is -0.191. The fourth-order valence-electron chi connectivity index (χ4n) is 0.876. The van der Waals surface area contributed by atoms with Gasteiger partial charge in [0.15, 0.2) is 0 Å². The molecule has 0 atom stereocenters. The van der Waals surface area contributed by atoms with Crippen LogP contribution in [0.2, 0.25) is 0 Å². The number of hydrogen-bond acceptors (Lipinski definition) is 1. The van der Waals surface area contributed by atoms with E-state index < -0.39 is 0 Å². The summed E-state index contributed by atoms with van der Waals surface area (Å²) in [7, 11) is 0. The molecular weight excluding hydrogens is 164 g/mol. The zero-order valence-electron chi connectivity index (χ0n) is 8.61. The summed E-state index contributed by atoms with van der Waals surface area (Å²) in [6.45, 7) is 6.38. The fraction of sp³-hybridized carbons (Fsp3) is 0.700. The van der Waals surface area contributed by atoms with Crippen molar-refractivity contribution in [3.63, 3.8) is 0 Å². The molecule has 0 spiro atoms. The predicted molar refractivity (Wildman–Crippen MR) is 54.4 cm³/mol. The van der Waals surface area contributed by atoms with Crippen LogP contribution in [0, 0.1) is 12.3 Å². The Hall–Kier alpha value is -1.17. The highest BCUT2D eigenvalue weighted by Gasteiger charge is 2.21. The minimum absolute atomic E-state index is 0.126. The summed E-state index contributed by atoms with van der Waals surface area (Å²) in [6.07, 6.45) is 6.83. The molecule has 0 aromatic rings. The van der Waals surface area contributed by atoms with E-state index in [9.17, 15) is 4.79 Å². The normalized spacial score (nSPS) is 10.3. The van der Waals surface area contributed by atoms with E-state index in [1.54, 1.807) is 0 Å². The Morgan fingerprint density at radius 2 is 2.00 bits per heavy atom. The van der Waals surface area contributed by atoms with Crippen molar-refractivity contribution in [2.45, 2.75) is 39.2 Å². The van der Waals surface area contributed by atoms with E-state index in [0.29, 0.717) is 0 Å². The Labute approximate surface area is 80.3 Å². The number of amides is 2. The lowest BCUT2D eigenvalue weighted by atomic mass is 9.96. The van der Waals surface area contributed by atoms with Gasteiger partial charge in [-0.3, -0.25) is 0 Å². The number of carbonyl (C=O) groups excluding carboxylic acids is 1. The van der Waals surface area contributed by atoms with Crippen molar-refractivity contribution in [1.29, 1.82) is 0 Å². The molecule has 13 heavy (non-hydrogen) atoms. The van der Waals surface area contributed by atoms with E-state index in [2.05, 4.69) is 16.6 Å². The Morgan fingerprint density at radius 1 is 1.46 bits per heavy atom. The van der Waals surface area contributed by atoms with E-state index in [1.807, 2.05) is 20.8 Å². The molecule has 0 aromatic heterocycles. The van der Waals surface area contributed by atoms with E-state index in [0.717, 1.165) is 12.8 Å². The molecule has 0 fully saturated rings. The van der Waals surface area contributed by atoms with E-state index in [4.69, 9.17) is 6.42 Å². The molecule has 3 heteroatoms. The summed E-state index contributed by atoms with van der Waals surface area (Å²) in [5.41, 5.74) is -0.126. The van der Waals surface area contributed by atoms with Crippen LogP contribution in [0.3, 0.4) is 0 Å². The first-order chi connectivity index (χ1) is 6.08.